The molecule has 2 aromatic rings. The molecule has 1 heterocycles. The van der Waals surface area contributed by atoms with Crippen molar-refractivity contribution in [2.45, 2.75) is 13.8 Å². The number of aromatic carboxylic acids is 1. The van der Waals surface area contributed by atoms with E-state index in [1.165, 1.54) is 12.4 Å². The molecule has 0 aliphatic rings. The minimum Gasteiger partial charge on any atom is -0.493 e. The summed E-state index contributed by atoms with van der Waals surface area (Å²) in [6.07, 6.45) is 2.85. The first kappa shape index (κ1) is 14.0. The maximum Gasteiger partial charge on any atom is 0.356 e. The van der Waals surface area contributed by atoms with Gasteiger partial charge < -0.3 is 9.84 Å². The lowest BCUT2D eigenvalue weighted by atomic mass is 10.1. The molecule has 5 nitrogen and oxygen atoms in total. The molecule has 0 aliphatic carbocycles. The van der Waals surface area contributed by atoms with E-state index >= 15 is 0 Å². The Morgan fingerprint density at radius 2 is 1.85 bits per heavy atom. The molecule has 0 saturated carbocycles. The summed E-state index contributed by atoms with van der Waals surface area (Å²) >= 11 is 0. The number of ether oxygens (including phenoxy) is 1. The summed E-state index contributed by atoms with van der Waals surface area (Å²) in [6.45, 7) is 4.80. The van der Waals surface area contributed by atoms with Gasteiger partial charge in [-0.05, 0) is 30.2 Å². The third kappa shape index (κ3) is 3.32. The molecular weight excluding hydrogens is 256 g/mol. The van der Waals surface area contributed by atoms with E-state index in [4.69, 9.17) is 9.84 Å². The first-order chi connectivity index (χ1) is 9.58. The summed E-state index contributed by atoms with van der Waals surface area (Å²) in [5.41, 5.74) is 1.01. The van der Waals surface area contributed by atoms with Crippen LogP contribution in [0.4, 0.5) is 0 Å². The Hall–Kier alpha value is -2.43. The minimum atomic E-state index is -1.09. The molecule has 0 aliphatic heterocycles. The van der Waals surface area contributed by atoms with Crippen molar-refractivity contribution in [1.29, 1.82) is 0 Å². The molecule has 2 rings (SSSR count). The monoisotopic (exact) mass is 272 g/mol. The lowest BCUT2D eigenvalue weighted by Gasteiger charge is -2.09. The van der Waals surface area contributed by atoms with Crippen molar-refractivity contribution in [3.8, 4) is 17.0 Å². The van der Waals surface area contributed by atoms with Gasteiger partial charge in [-0.25, -0.2) is 9.78 Å². The van der Waals surface area contributed by atoms with Gasteiger partial charge in [0.1, 0.15) is 11.4 Å². The first-order valence-electron chi connectivity index (χ1n) is 6.35. The normalized spacial score (nSPS) is 10.6. The summed E-state index contributed by atoms with van der Waals surface area (Å²) in [4.78, 5) is 19.0. The molecule has 0 unspecified atom stereocenters. The van der Waals surface area contributed by atoms with Gasteiger partial charge in [-0.15, -0.1) is 0 Å². The van der Waals surface area contributed by atoms with E-state index in [0.29, 0.717) is 23.8 Å². The van der Waals surface area contributed by atoms with E-state index < -0.39 is 5.97 Å². The SMILES string of the molecule is CC(C)COc1ccc(-c2nccnc2C(=O)O)cc1. The Bertz CT molecular complexity index is 594. The van der Waals surface area contributed by atoms with Gasteiger partial charge in [-0.2, -0.15) is 0 Å². The molecule has 0 atom stereocenters. The second kappa shape index (κ2) is 6.14. The van der Waals surface area contributed by atoms with Crippen molar-refractivity contribution in [3.63, 3.8) is 0 Å². The highest BCUT2D eigenvalue weighted by Gasteiger charge is 2.14. The predicted molar refractivity (Wildman–Crippen MR) is 74.8 cm³/mol. The average molecular weight is 272 g/mol. The van der Waals surface area contributed by atoms with Crippen LogP contribution in [0, 0.1) is 5.92 Å². The van der Waals surface area contributed by atoms with Gasteiger partial charge in [-0.3, -0.25) is 4.98 Å². The zero-order valence-electron chi connectivity index (χ0n) is 11.4. The Balaban J connectivity index is 2.24. The summed E-state index contributed by atoms with van der Waals surface area (Å²) in [6, 6.07) is 7.17. The van der Waals surface area contributed by atoms with Crippen LogP contribution in [0.1, 0.15) is 24.3 Å². The number of carboxylic acid groups (broad SMARTS) is 1. The van der Waals surface area contributed by atoms with Gasteiger partial charge in [0, 0.05) is 18.0 Å². The van der Waals surface area contributed by atoms with Crippen LogP contribution in [-0.2, 0) is 0 Å². The molecule has 1 aromatic carbocycles. The number of nitrogens with zero attached hydrogens (tertiary/aromatic N) is 2. The molecule has 0 bridgehead atoms. The van der Waals surface area contributed by atoms with E-state index in [1.54, 1.807) is 24.3 Å². The van der Waals surface area contributed by atoms with Gasteiger partial charge in [0.25, 0.3) is 0 Å². The molecule has 0 spiro atoms. The molecule has 0 radical (unpaired) electrons. The molecule has 1 N–H and O–H groups in total. The molecule has 0 fully saturated rings. The van der Waals surface area contributed by atoms with Crippen LogP contribution in [-0.4, -0.2) is 27.7 Å². The van der Waals surface area contributed by atoms with Gasteiger partial charge in [-0.1, -0.05) is 13.8 Å². The lowest BCUT2D eigenvalue weighted by molar-refractivity contribution is 0.0691. The Morgan fingerprint density at radius 3 is 2.45 bits per heavy atom. The maximum absolute atomic E-state index is 11.1. The number of hydrogen-bond donors (Lipinski definition) is 1. The second-order valence-corrected chi connectivity index (χ2v) is 4.79. The Morgan fingerprint density at radius 1 is 1.20 bits per heavy atom. The maximum atomic E-state index is 11.1. The number of benzene rings is 1. The standard InChI is InChI=1S/C15H16N2O3/c1-10(2)9-20-12-5-3-11(4-6-12)13-14(15(18)19)17-8-7-16-13/h3-8,10H,9H2,1-2H3,(H,18,19). The first-order valence-corrected chi connectivity index (χ1v) is 6.35. The fourth-order valence-corrected chi connectivity index (χ4v) is 1.68. The van der Waals surface area contributed by atoms with Crippen molar-refractivity contribution < 1.29 is 14.6 Å². The van der Waals surface area contributed by atoms with Gasteiger partial charge in [0.2, 0.25) is 0 Å². The fraction of sp³-hybridized carbons (Fsp3) is 0.267. The summed E-state index contributed by atoms with van der Waals surface area (Å²) in [5, 5.41) is 9.10. The van der Waals surface area contributed by atoms with Crippen molar-refractivity contribution in [2.24, 2.45) is 5.92 Å². The van der Waals surface area contributed by atoms with E-state index in [-0.39, 0.29) is 5.69 Å². The number of rotatable bonds is 5. The minimum absolute atomic E-state index is 0.0525. The van der Waals surface area contributed by atoms with E-state index in [0.717, 1.165) is 5.75 Å². The van der Waals surface area contributed by atoms with Crippen LogP contribution in [0.3, 0.4) is 0 Å². The van der Waals surface area contributed by atoms with Crippen molar-refractivity contribution >= 4 is 5.97 Å². The largest absolute Gasteiger partial charge is 0.493 e. The van der Waals surface area contributed by atoms with Crippen molar-refractivity contribution in [2.75, 3.05) is 6.61 Å². The quantitative estimate of drug-likeness (QED) is 0.906. The average Bonchev–Trinajstić information content (AvgIpc) is 2.45. The van der Waals surface area contributed by atoms with Crippen LogP contribution in [0.15, 0.2) is 36.7 Å². The second-order valence-electron chi connectivity index (χ2n) is 4.79. The number of carboxylic acids is 1. The number of hydrogen-bond acceptors (Lipinski definition) is 4. The summed E-state index contributed by atoms with van der Waals surface area (Å²) in [5.74, 6) is 0.115. The molecule has 5 heteroatoms. The van der Waals surface area contributed by atoms with Crippen molar-refractivity contribution in [3.05, 3.63) is 42.4 Å². The van der Waals surface area contributed by atoms with Gasteiger partial charge in [0.15, 0.2) is 5.69 Å². The molecule has 1 aromatic heterocycles. The predicted octanol–water partition coefficient (Wildman–Crippen LogP) is 2.88. The van der Waals surface area contributed by atoms with Crippen LogP contribution in [0.2, 0.25) is 0 Å². The van der Waals surface area contributed by atoms with Crippen LogP contribution >= 0.6 is 0 Å². The molecule has 20 heavy (non-hydrogen) atoms. The van der Waals surface area contributed by atoms with Gasteiger partial charge >= 0.3 is 5.97 Å². The summed E-state index contributed by atoms with van der Waals surface area (Å²) in [7, 11) is 0. The Kier molecular flexibility index (Phi) is 4.30. The van der Waals surface area contributed by atoms with Crippen LogP contribution < -0.4 is 4.74 Å². The van der Waals surface area contributed by atoms with E-state index in [2.05, 4.69) is 23.8 Å². The Labute approximate surface area is 117 Å². The lowest BCUT2D eigenvalue weighted by Crippen LogP contribution is -2.05. The number of aromatic nitrogens is 2. The molecule has 104 valence electrons. The molecular formula is C15H16N2O3. The molecule has 0 saturated heterocycles. The highest BCUT2D eigenvalue weighted by Crippen LogP contribution is 2.23. The van der Waals surface area contributed by atoms with Gasteiger partial charge in [0.05, 0.1) is 6.61 Å². The smallest absolute Gasteiger partial charge is 0.356 e. The zero-order chi connectivity index (χ0) is 14.5. The third-order valence-electron chi connectivity index (χ3n) is 2.61. The fourth-order valence-electron chi connectivity index (χ4n) is 1.68. The highest BCUT2D eigenvalue weighted by atomic mass is 16.5. The van der Waals surface area contributed by atoms with Crippen LogP contribution in [0.25, 0.3) is 11.3 Å². The third-order valence-corrected chi connectivity index (χ3v) is 2.61. The van der Waals surface area contributed by atoms with E-state index in [1.807, 2.05) is 0 Å². The zero-order valence-corrected chi connectivity index (χ0v) is 11.4. The van der Waals surface area contributed by atoms with Crippen molar-refractivity contribution in [1.82, 2.24) is 9.97 Å². The van der Waals surface area contributed by atoms with E-state index in [9.17, 15) is 4.79 Å². The topological polar surface area (TPSA) is 72.3 Å². The van der Waals surface area contributed by atoms with Crippen LogP contribution in [0.5, 0.6) is 5.75 Å². The summed E-state index contributed by atoms with van der Waals surface area (Å²) < 4.78 is 5.58. The molecule has 0 amide bonds. The highest BCUT2D eigenvalue weighted by molar-refractivity contribution is 5.92. The number of carbonyl (C=O) groups is 1.